The average Bonchev–Trinajstić information content (AvgIpc) is 2.52. The molecule has 0 saturated heterocycles. The van der Waals surface area contributed by atoms with Crippen molar-refractivity contribution in [2.75, 3.05) is 18.5 Å². The van der Waals surface area contributed by atoms with Crippen LogP contribution in [0.25, 0.3) is 0 Å². The van der Waals surface area contributed by atoms with E-state index in [-0.39, 0.29) is 25.5 Å². The van der Waals surface area contributed by atoms with Crippen molar-refractivity contribution < 1.29 is 19.3 Å². The number of benzene rings is 1. The summed E-state index contributed by atoms with van der Waals surface area (Å²) >= 11 is 0. The summed E-state index contributed by atoms with van der Waals surface area (Å²) in [6, 6.07) is 9.85. The minimum atomic E-state index is -0.881. The van der Waals surface area contributed by atoms with Crippen molar-refractivity contribution in [3.05, 3.63) is 54.1 Å². The van der Waals surface area contributed by atoms with Crippen molar-refractivity contribution in [3.63, 3.8) is 0 Å². The lowest BCUT2D eigenvalue weighted by atomic mass is 10.2. The molecule has 112 valence electrons. The molecule has 0 fully saturated rings. The molecule has 0 spiro atoms. The standard InChI is InChI=1S/C15H17FN2O3/c16-14-7-11(18-8-13(20)9-19)4-5-15(14)21-10-12-3-1-2-6-17-12/h1-7,13,18-20H,8-10H2. The van der Waals surface area contributed by atoms with Crippen LogP contribution in [0.5, 0.6) is 5.75 Å². The first-order valence-corrected chi connectivity index (χ1v) is 6.54. The summed E-state index contributed by atoms with van der Waals surface area (Å²) in [5.74, 6) is -0.372. The van der Waals surface area contributed by atoms with E-state index in [0.717, 1.165) is 0 Å². The number of nitrogens with one attached hydrogen (secondary N) is 1. The summed E-state index contributed by atoms with van der Waals surface area (Å²) in [6.07, 6.45) is 0.766. The van der Waals surface area contributed by atoms with Gasteiger partial charge in [-0.2, -0.15) is 0 Å². The quantitative estimate of drug-likeness (QED) is 0.722. The van der Waals surface area contributed by atoms with E-state index in [0.29, 0.717) is 11.4 Å². The number of aromatic nitrogens is 1. The lowest BCUT2D eigenvalue weighted by Crippen LogP contribution is -2.22. The lowest BCUT2D eigenvalue weighted by Gasteiger charge is -2.12. The van der Waals surface area contributed by atoms with Crippen LogP contribution in [0.4, 0.5) is 10.1 Å². The van der Waals surface area contributed by atoms with Crippen molar-refractivity contribution in [1.82, 2.24) is 4.98 Å². The van der Waals surface area contributed by atoms with Crippen LogP contribution in [0.2, 0.25) is 0 Å². The van der Waals surface area contributed by atoms with Gasteiger partial charge in [-0.1, -0.05) is 6.07 Å². The number of hydrogen-bond donors (Lipinski definition) is 3. The molecule has 2 rings (SSSR count). The van der Waals surface area contributed by atoms with Crippen LogP contribution in [0.3, 0.4) is 0 Å². The molecule has 0 aliphatic carbocycles. The first kappa shape index (κ1) is 15.2. The third kappa shape index (κ3) is 4.70. The van der Waals surface area contributed by atoms with E-state index in [4.69, 9.17) is 9.84 Å². The van der Waals surface area contributed by atoms with E-state index in [1.165, 1.54) is 12.1 Å². The molecule has 1 unspecified atom stereocenters. The number of anilines is 1. The van der Waals surface area contributed by atoms with E-state index >= 15 is 0 Å². The van der Waals surface area contributed by atoms with Crippen LogP contribution < -0.4 is 10.1 Å². The van der Waals surface area contributed by atoms with Gasteiger partial charge in [0.15, 0.2) is 11.6 Å². The minimum Gasteiger partial charge on any atom is -0.484 e. The molecule has 5 nitrogen and oxygen atoms in total. The van der Waals surface area contributed by atoms with Gasteiger partial charge in [0, 0.05) is 24.5 Å². The van der Waals surface area contributed by atoms with Gasteiger partial charge in [-0.05, 0) is 24.3 Å². The highest BCUT2D eigenvalue weighted by Crippen LogP contribution is 2.22. The molecule has 0 bridgehead atoms. The molecular formula is C15H17FN2O3. The highest BCUT2D eigenvalue weighted by atomic mass is 19.1. The first-order chi connectivity index (χ1) is 10.2. The van der Waals surface area contributed by atoms with Crippen LogP contribution in [0.15, 0.2) is 42.6 Å². The van der Waals surface area contributed by atoms with Gasteiger partial charge in [0.2, 0.25) is 0 Å². The molecule has 2 aromatic rings. The van der Waals surface area contributed by atoms with Crippen LogP contribution >= 0.6 is 0 Å². The van der Waals surface area contributed by atoms with Crippen LogP contribution in [-0.2, 0) is 6.61 Å². The summed E-state index contributed by atoms with van der Waals surface area (Å²) in [4.78, 5) is 4.09. The van der Waals surface area contributed by atoms with Gasteiger partial charge in [0.05, 0.1) is 18.4 Å². The zero-order valence-corrected chi connectivity index (χ0v) is 11.4. The number of aliphatic hydroxyl groups is 2. The molecule has 1 atom stereocenters. The Morgan fingerprint density at radius 2 is 2.14 bits per heavy atom. The van der Waals surface area contributed by atoms with E-state index in [9.17, 15) is 9.50 Å². The first-order valence-electron chi connectivity index (χ1n) is 6.54. The summed E-state index contributed by atoms with van der Waals surface area (Å²) in [6.45, 7) is -0.0153. The van der Waals surface area contributed by atoms with Crippen molar-refractivity contribution in [2.45, 2.75) is 12.7 Å². The van der Waals surface area contributed by atoms with Crippen molar-refractivity contribution in [3.8, 4) is 5.75 Å². The van der Waals surface area contributed by atoms with Gasteiger partial charge in [-0.25, -0.2) is 4.39 Å². The van der Waals surface area contributed by atoms with E-state index in [1.54, 1.807) is 24.4 Å². The van der Waals surface area contributed by atoms with Crippen molar-refractivity contribution in [1.29, 1.82) is 0 Å². The number of pyridine rings is 1. The Bertz CT molecular complexity index is 566. The Morgan fingerprint density at radius 3 is 2.81 bits per heavy atom. The summed E-state index contributed by atoms with van der Waals surface area (Å²) in [5.41, 5.74) is 1.22. The Balaban J connectivity index is 1.93. The zero-order chi connectivity index (χ0) is 15.1. The average molecular weight is 292 g/mol. The number of hydrogen-bond acceptors (Lipinski definition) is 5. The largest absolute Gasteiger partial charge is 0.484 e. The fraction of sp³-hybridized carbons (Fsp3) is 0.267. The van der Waals surface area contributed by atoms with E-state index in [1.807, 2.05) is 6.07 Å². The Hall–Kier alpha value is -2.18. The third-order valence-electron chi connectivity index (χ3n) is 2.79. The molecule has 3 N–H and O–H groups in total. The zero-order valence-electron chi connectivity index (χ0n) is 11.4. The second kappa shape index (κ2) is 7.56. The van der Waals surface area contributed by atoms with Gasteiger partial charge in [0.25, 0.3) is 0 Å². The number of ether oxygens (including phenoxy) is 1. The van der Waals surface area contributed by atoms with Crippen LogP contribution in [0, 0.1) is 5.82 Å². The third-order valence-corrected chi connectivity index (χ3v) is 2.79. The smallest absolute Gasteiger partial charge is 0.167 e. The number of halogens is 1. The Labute approximate surface area is 122 Å². The molecule has 0 saturated carbocycles. The molecule has 21 heavy (non-hydrogen) atoms. The molecule has 0 aliphatic rings. The molecule has 1 aromatic heterocycles. The fourth-order valence-electron chi connectivity index (χ4n) is 1.66. The van der Waals surface area contributed by atoms with Crippen LogP contribution in [0.1, 0.15) is 5.69 Å². The number of rotatable bonds is 7. The number of aliphatic hydroxyl groups excluding tert-OH is 2. The second-order valence-corrected chi connectivity index (χ2v) is 4.47. The fourth-order valence-corrected chi connectivity index (χ4v) is 1.66. The summed E-state index contributed by atoms with van der Waals surface area (Å²) < 4.78 is 19.2. The maximum Gasteiger partial charge on any atom is 0.167 e. The topological polar surface area (TPSA) is 74.6 Å². The second-order valence-electron chi connectivity index (χ2n) is 4.47. The Morgan fingerprint density at radius 1 is 1.29 bits per heavy atom. The highest BCUT2D eigenvalue weighted by molar-refractivity contribution is 5.47. The maximum atomic E-state index is 13.9. The van der Waals surface area contributed by atoms with Gasteiger partial charge in [-0.15, -0.1) is 0 Å². The predicted octanol–water partition coefficient (Wildman–Crippen LogP) is 1.56. The summed E-state index contributed by atoms with van der Waals surface area (Å²) in [7, 11) is 0. The Kier molecular flexibility index (Phi) is 5.48. The SMILES string of the molecule is OCC(O)CNc1ccc(OCc2ccccn2)c(F)c1. The molecule has 1 heterocycles. The van der Waals surface area contributed by atoms with Gasteiger partial charge >= 0.3 is 0 Å². The maximum absolute atomic E-state index is 13.9. The van der Waals surface area contributed by atoms with Crippen molar-refractivity contribution >= 4 is 5.69 Å². The lowest BCUT2D eigenvalue weighted by molar-refractivity contribution is 0.105. The normalized spacial score (nSPS) is 12.0. The number of nitrogens with zero attached hydrogens (tertiary/aromatic N) is 1. The summed E-state index contributed by atoms with van der Waals surface area (Å²) in [5, 5.41) is 20.7. The van der Waals surface area contributed by atoms with E-state index < -0.39 is 11.9 Å². The van der Waals surface area contributed by atoms with Gasteiger partial charge < -0.3 is 20.3 Å². The molecule has 1 aromatic carbocycles. The van der Waals surface area contributed by atoms with Crippen LogP contribution in [-0.4, -0.2) is 34.5 Å². The highest BCUT2D eigenvalue weighted by Gasteiger charge is 2.07. The molecule has 6 heteroatoms. The molecule has 0 aliphatic heterocycles. The van der Waals surface area contributed by atoms with Gasteiger partial charge in [-0.3, -0.25) is 4.98 Å². The monoisotopic (exact) mass is 292 g/mol. The molecule has 0 amide bonds. The minimum absolute atomic E-state index is 0.133. The van der Waals surface area contributed by atoms with Gasteiger partial charge in [0.1, 0.15) is 6.61 Å². The van der Waals surface area contributed by atoms with Crippen molar-refractivity contribution in [2.24, 2.45) is 0 Å². The predicted molar refractivity (Wildman–Crippen MR) is 76.6 cm³/mol. The van der Waals surface area contributed by atoms with E-state index in [2.05, 4.69) is 10.3 Å². The molecular weight excluding hydrogens is 275 g/mol. The molecule has 0 radical (unpaired) electrons.